The van der Waals surface area contributed by atoms with Crippen molar-refractivity contribution in [2.45, 2.75) is 64.5 Å². The smallest absolute Gasteiger partial charge is 0.328 e. The highest BCUT2D eigenvalue weighted by atomic mass is 32.2. The summed E-state index contributed by atoms with van der Waals surface area (Å²) in [5, 5.41) is 2.90. The second-order valence-electron chi connectivity index (χ2n) is 6.68. The third kappa shape index (κ3) is 5.57. The fraction of sp³-hybridized carbons (Fsp3) is 0.579. The van der Waals surface area contributed by atoms with Crippen LogP contribution in [0.15, 0.2) is 4.79 Å². The summed E-state index contributed by atoms with van der Waals surface area (Å²) in [6.45, 7) is 9.63. The van der Waals surface area contributed by atoms with Gasteiger partial charge in [0.05, 0.1) is 23.0 Å². The molecule has 2 atom stereocenters. The molecule has 2 aromatic heterocycles. The van der Waals surface area contributed by atoms with Gasteiger partial charge in [0.1, 0.15) is 16.7 Å². The number of thiophene rings is 1. The van der Waals surface area contributed by atoms with Crippen LogP contribution < -0.4 is 10.9 Å². The third-order valence-electron chi connectivity index (χ3n) is 4.38. The number of unbranched alkanes of at least 4 members (excludes halogenated alkanes) is 1. The first kappa shape index (κ1) is 22.4. The van der Waals surface area contributed by atoms with E-state index in [0.717, 1.165) is 28.1 Å². The van der Waals surface area contributed by atoms with Crippen LogP contribution in [0.4, 0.5) is 0 Å². The highest BCUT2D eigenvalue weighted by Gasteiger charge is 2.21. The summed E-state index contributed by atoms with van der Waals surface area (Å²) in [6.07, 6.45) is 1.74. The van der Waals surface area contributed by atoms with E-state index in [2.05, 4.69) is 15.3 Å². The van der Waals surface area contributed by atoms with Gasteiger partial charge in [0.25, 0.3) is 5.56 Å². The summed E-state index contributed by atoms with van der Waals surface area (Å²) in [5.74, 6) is 0.246. The predicted octanol–water partition coefficient (Wildman–Crippen LogP) is 3.07. The van der Waals surface area contributed by atoms with Gasteiger partial charge >= 0.3 is 5.97 Å². The first-order valence-electron chi connectivity index (χ1n) is 9.32. The number of thioether (sulfide) groups is 1. The summed E-state index contributed by atoms with van der Waals surface area (Å²) in [5.41, 5.74) is 0.809. The van der Waals surface area contributed by atoms with Crippen molar-refractivity contribution in [3.8, 4) is 0 Å². The minimum Gasteiger partial charge on any atom is -0.464 e. The van der Waals surface area contributed by atoms with Gasteiger partial charge in [0.2, 0.25) is 5.91 Å². The Morgan fingerprint density at radius 3 is 2.71 bits per heavy atom. The maximum Gasteiger partial charge on any atom is 0.328 e. The molecular formula is C19H27N3O4S2. The molecule has 0 aliphatic carbocycles. The summed E-state index contributed by atoms with van der Waals surface area (Å²) < 4.78 is 5.11. The van der Waals surface area contributed by atoms with Gasteiger partial charge in [0.15, 0.2) is 0 Å². The molecule has 0 aromatic carbocycles. The zero-order valence-electron chi connectivity index (χ0n) is 16.9. The topological polar surface area (TPSA) is 101 Å². The van der Waals surface area contributed by atoms with Gasteiger partial charge in [-0.3, -0.25) is 9.59 Å². The standard InChI is InChI=1S/C19H27N3O4S2/c1-6-7-8-26-19(25)11(3)20-16(23)13(5)27-9-14-21-17(24)15-10(2)12(4)28-18(15)22-14/h11,13H,6-9H2,1-5H3,(H,20,23)(H,21,22,24)/t11-,13+/m0/s1. The van der Waals surface area contributed by atoms with E-state index in [-0.39, 0.29) is 11.5 Å². The van der Waals surface area contributed by atoms with E-state index in [1.807, 2.05) is 20.8 Å². The van der Waals surface area contributed by atoms with Crippen molar-refractivity contribution in [2.24, 2.45) is 0 Å². The molecule has 9 heteroatoms. The fourth-order valence-electron chi connectivity index (χ4n) is 2.48. The van der Waals surface area contributed by atoms with Gasteiger partial charge < -0.3 is 15.0 Å². The van der Waals surface area contributed by atoms with Crippen LogP contribution in [0.1, 0.15) is 49.9 Å². The highest BCUT2D eigenvalue weighted by molar-refractivity contribution is 7.99. The number of ether oxygens (including phenoxy) is 1. The average molecular weight is 426 g/mol. The number of H-pyrrole nitrogens is 1. The summed E-state index contributed by atoms with van der Waals surface area (Å²) >= 11 is 2.85. The largest absolute Gasteiger partial charge is 0.464 e. The number of rotatable bonds is 9. The quantitative estimate of drug-likeness (QED) is 0.473. The molecule has 2 heterocycles. The fourth-order valence-corrected chi connectivity index (χ4v) is 4.29. The second kappa shape index (κ2) is 10.1. The van der Waals surface area contributed by atoms with Crippen LogP contribution in [-0.4, -0.2) is 39.7 Å². The Hall–Kier alpha value is -1.87. The molecule has 0 fully saturated rings. The molecule has 154 valence electrons. The molecule has 28 heavy (non-hydrogen) atoms. The number of aromatic nitrogens is 2. The second-order valence-corrected chi connectivity index (χ2v) is 9.21. The zero-order chi connectivity index (χ0) is 20.8. The first-order valence-corrected chi connectivity index (χ1v) is 11.2. The lowest BCUT2D eigenvalue weighted by atomic mass is 10.2. The minimum absolute atomic E-state index is 0.150. The third-order valence-corrected chi connectivity index (χ3v) is 6.64. The molecule has 0 radical (unpaired) electrons. The van der Waals surface area contributed by atoms with E-state index in [4.69, 9.17) is 4.74 Å². The van der Waals surface area contributed by atoms with Crippen molar-refractivity contribution < 1.29 is 14.3 Å². The maximum absolute atomic E-state index is 12.3. The van der Waals surface area contributed by atoms with Crippen molar-refractivity contribution in [1.82, 2.24) is 15.3 Å². The van der Waals surface area contributed by atoms with Gasteiger partial charge in [-0.1, -0.05) is 13.3 Å². The predicted molar refractivity (Wildman–Crippen MR) is 114 cm³/mol. The van der Waals surface area contributed by atoms with Crippen LogP contribution in [0.2, 0.25) is 0 Å². The molecule has 0 unspecified atom stereocenters. The van der Waals surface area contributed by atoms with Crippen LogP contribution in [0.5, 0.6) is 0 Å². The minimum atomic E-state index is -0.696. The Kier molecular flexibility index (Phi) is 8.06. The lowest BCUT2D eigenvalue weighted by Crippen LogP contribution is -2.43. The van der Waals surface area contributed by atoms with Crippen LogP contribution >= 0.6 is 23.1 Å². The number of carbonyl (C=O) groups excluding carboxylic acids is 2. The number of aromatic amines is 1. The molecule has 1 amide bonds. The summed E-state index contributed by atoms with van der Waals surface area (Å²) in [7, 11) is 0. The average Bonchev–Trinajstić information content (AvgIpc) is 2.93. The van der Waals surface area contributed by atoms with E-state index in [9.17, 15) is 14.4 Å². The Labute approximate surface area is 172 Å². The molecule has 2 N–H and O–H groups in total. The van der Waals surface area contributed by atoms with Crippen LogP contribution in [0.3, 0.4) is 0 Å². The van der Waals surface area contributed by atoms with E-state index in [1.165, 1.54) is 23.1 Å². The Morgan fingerprint density at radius 2 is 2.04 bits per heavy atom. The Balaban J connectivity index is 1.91. The SMILES string of the molecule is CCCCOC(=O)[C@H](C)NC(=O)[C@@H](C)SCc1nc2sc(C)c(C)c2c(=O)[nH]1. The zero-order valence-corrected chi connectivity index (χ0v) is 18.5. The first-order chi connectivity index (χ1) is 13.2. The summed E-state index contributed by atoms with van der Waals surface area (Å²) in [4.78, 5) is 45.6. The van der Waals surface area contributed by atoms with E-state index < -0.39 is 17.3 Å². The van der Waals surface area contributed by atoms with E-state index >= 15 is 0 Å². The number of hydrogen-bond acceptors (Lipinski definition) is 7. The molecule has 7 nitrogen and oxygen atoms in total. The lowest BCUT2D eigenvalue weighted by molar-refractivity contribution is -0.147. The number of fused-ring (bicyclic) bond motifs is 1. The molecule has 2 aromatic rings. The highest BCUT2D eigenvalue weighted by Crippen LogP contribution is 2.26. The lowest BCUT2D eigenvalue weighted by Gasteiger charge is -2.16. The monoisotopic (exact) mass is 425 g/mol. The van der Waals surface area contributed by atoms with Gasteiger partial charge in [0, 0.05) is 4.88 Å². The van der Waals surface area contributed by atoms with Crippen molar-refractivity contribution in [1.29, 1.82) is 0 Å². The van der Waals surface area contributed by atoms with Crippen LogP contribution in [0, 0.1) is 13.8 Å². The molecule has 0 aliphatic heterocycles. The van der Waals surface area contributed by atoms with Crippen LogP contribution in [0.25, 0.3) is 10.2 Å². The van der Waals surface area contributed by atoms with Crippen molar-refractivity contribution in [3.05, 3.63) is 26.6 Å². The Morgan fingerprint density at radius 1 is 1.32 bits per heavy atom. The van der Waals surface area contributed by atoms with Gasteiger partial charge in [-0.25, -0.2) is 9.78 Å². The number of nitrogens with one attached hydrogen (secondary N) is 2. The maximum atomic E-state index is 12.3. The number of esters is 1. The normalized spacial score (nSPS) is 13.3. The van der Waals surface area contributed by atoms with Gasteiger partial charge in [-0.05, 0) is 39.7 Å². The molecular weight excluding hydrogens is 398 g/mol. The van der Waals surface area contributed by atoms with Crippen molar-refractivity contribution >= 4 is 45.2 Å². The number of amides is 1. The molecule has 0 saturated carbocycles. The van der Waals surface area contributed by atoms with E-state index in [1.54, 1.807) is 13.8 Å². The van der Waals surface area contributed by atoms with E-state index in [0.29, 0.717) is 23.6 Å². The molecule has 0 bridgehead atoms. The Bertz CT molecular complexity index is 906. The van der Waals surface area contributed by atoms with Crippen molar-refractivity contribution in [2.75, 3.05) is 6.61 Å². The number of aryl methyl sites for hydroxylation is 2. The number of hydrogen-bond donors (Lipinski definition) is 2. The van der Waals surface area contributed by atoms with Crippen molar-refractivity contribution in [3.63, 3.8) is 0 Å². The molecule has 0 saturated heterocycles. The van der Waals surface area contributed by atoms with Gasteiger partial charge in [-0.15, -0.1) is 23.1 Å². The molecule has 2 rings (SSSR count). The number of nitrogens with zero attached hydrogens (tertiary/aromatic N) is 1. The van der Waals surface area contributed by atoms with Crippen LogP contribution in [-0.2, 0) is 20.1 Å². The van der Waals surface area contributed by atoms with Gasteiger partial charge in [-0.2, -0.15) is 0 Å². The summed E-state index contributed by atoms with van der Waals surface area (Å²) in [6, 6.07) is -0.696. The number of carbonyl (C=O) groups is 2. The molecule has 0 aliphatic rings. The molecule has 0 spiro atoms.